The third-order valence-corrected chi connectivity index (χ3v) is 5.24. The normalized spacial score (nSPS) is 15.0. The van der Waals surface area contributed by atoms with E-state index in [1.807, 2.05) is 75.4 Å². The lowest BCUT2D eigenvalue weighted by Gasteiger charge is -2.11. The minimum absolute atomic E-state index is 0.144. The number of hydrogen-bond acceptors (Lipinski definition) is 3. The molecule has 0 atom stereocenters. The van der Waals surface area contributed by atoms with E-state index in [2.05, 4.69) is 9.67 Å². The Kier molecular flexibility index (Phi) is 4.83. The summed E-state index contributed by atoms with van der Waals surface area (Å²) in [6.07, 6.45) is 1.89. The van der Waals surface area contributed by atoms with E-state index < -0.39 is 5.91 Å². The number of hydrazone groups is 1. The van der Waals surface area contributed by atoms with Crippen molar-refractivity contribution in [2.24, 2.45) is 10.8 Å². The van der Waals surface area contributed by atoms with E-state index in [4.69, 9.17) is 5.73 Å². The number of primary amides is 1. The van der Waals surface area contributed by atoms with Crippen LogP contribution in [0.25, 0.3) is 11.8 Å². The molecule has 0 saturated carbocycles. The molecular weight excluding hydrogens is 376 g/mol. The summed E-state index contributed by atoms with van der Waals surface area (Å²) in [4.78, 5) is 24.3. The standard InChI is InChI=1S/C24H22N4O2/c1-15-13-19(17(3)27(15)20-11-9-18(10-12-20)23(25)29)14-22-16(2)26-28(24(22)30)21-7-5-4-6-8-21/h4-14H,1-3H3,(H2,25,29)/b22-14+. The average molecular weight is 398 g/mol. The quantitative estimate of drug-likeness (QED) is 0.674. The highest BCUT2D eigenvalue weighted by Gasteiger charge is 2.29. The van der Waals surface area contributed by atoms with Crippen molar-refractivity contribution in [1.29, 1.82) is 0 Å². The van der Waals surface area contributed by atoms with Crippen molar-refractivity contribution in [2.75, 3.05) is 5.01 Å². The van der Waals surface area contributed by atoms with Crippen LogP contribution in [0, 0.1) is 13.8 Å². The van der Waals surface area contributed by atoms with Gasteiger partial charge in [-0.3, -0.25) is 9.59 Å². The second kappa shape index (κ2) is 7.48. The van der Waals surface area contributed by atoms with Gasteiger partial charge < -0.3 is 10.3 Å². The third-order valence-electron chi connectivity index (χ3n) is 5.24. The summed E-state index contributed by atoms with van der Waals surface area (Å²) in [7, 11) is 0. The molecule has 6 nitrogen and oxygen atoms in total. The third kappa shape index (κ3) is 3.33. The van der Waals surface area contributed by atoms with Gasteiger partial charge in [-0.1, -0.05) is 18.2 Å². The average Bonchev–Trinajstić information content (AvgIpc) is 3.18. The SMILES string of the molecule is CC1=NN(c2ccccc2)C(=O)/C1=C/c1cc(C)n(-c2ccc(C(N)=O)cc2)c1C. The van der Waals surface area contributed by atoms with Crippen LogP contribution in [0.1, 0.15) is 34.2 Å². The number of aryl methyl sites for hydroxylation is 1. The molecule has 2 heterocycles. The summed E-state index contributed by atoms with van der Waals surface area (Å²) in [5, 5.41) is 5.88. The van der Waals surface area contributed by atoms with Gasteiger partial charge in [-0.25, -0.2) is 0 Å². The molecule has 4 rings (SSSR count). The van der Waals surface area contributed by atoms with Crippen LogP contribution in [0.15, 0.2) is 71.3 Å². The molecule has 1 aliphatic rings. The number of para-hydroxylation sites is 1. The van der Waals surface area contributed by atoms with E-state index in [0.29, 0.717) is 16.8 Å². The largest absolute Gasteiger partial charge is 0.366 e. The first kappa shape index (κ1) is 19.4. The number of nitrogens with zero attached hydrogens (tertiary/aromatic N) is 3. The number of amides is 2. The molecular formula is C24H22N4O2. The summed E-state index contributed by atoms with van der Waals surface area (Å²) in [6, 6.07) is 18.6. The van der Waals surface area contributed by atoms with Gasteiger partial charge in [0.05, 0.1) is 17.0 Å². The Morgan fingerprint density at radius 3 is 2.27 bits per heavy atom. The molecule has 2 aromatic carbocycles. The number of rotatable bonds is 4. The minimum atomic E-state index is -0.453. The van der Waals surface area contributed by atoms with Crippen LogP contribution < -0.4 is 10.7 Å². The van der Waals surface area contributed by atoms with Crippen molar-refractivity contribution in [3.05, 3.63) is 88.8 Å². The summed E-state index contributed by atoms with van der Waals surface area (Å²) < 4.78 is 2.08. The summed E-state index contributed by atoms with van der Waals surface area (Å²) in [5.74, 6) is -0.597. The number of anilines is 1. The van der Waals surface area contributed by atoms with Gasteiger partial charge in [0.15, 0.2) is 0 Å². The van der Waals surface area contributed by atoms with Crippen molar-refractivity contribution in [2.45, 2.75) is 20.8 Å². The Bertz CT molecular complexity index is 1200. The number of carbonyl (C=O) groups is 2. The number of hydrogen-bond donors (Lipinski definition) is 1. The van der Waals surface area contributed by atoms with Gasteiger partial charge in [0.2, 0.25) is 5.91 Å². The number of aromatic nitrogens is 1. The fourth-order valence-corrected chi connectivity index (χ4v) is 3.69. The highest BCUT2D eigenvalue weighted by molar-refractivity contribution is 6.32. The summed E-state index contributed by atoms with van der Waals surface area (Å²) >= 11 is 0. The highest BCUT2D eigenvalue weighted by atomic mass is 16.2. The Hall–Kier alpha value is -3.93. The molecule has 1 aromatic heterocycles. The molecule has 2 N–H and O–H groups in total. The lowest BCUT2D eigenvalue weighted by atomic mass is 10.1. The Balaban J connectivity index is 1.70. The zero-order valence-electron chi connectivity index (χ0n) is 17.1. The van der Waals surface area contributed by atoms with Crippen LogP contribution in [-0.2, 0) is 4.79 Å². The second-order valence-corrected chi connectivity index (χ2v) is 7.27. The maximum absolute atomic E-state index is 13.0. The van der Waals surface area contributed by atoms with E-state index >= 15 is 0 Å². The smallest absolute Gasteiger partial charge is 0.280 e. The fourth-order valence-electron chi connectivity index (χ4n) is 3.69. The van der Waals surface area contributed by atoms with E-state index in [9.17, 15) is 9.59 Å². The molecule has 0 fully saturated rings. The first-order valence-corrected chi connectivity index (χ1v) is 9.63. The highest BCUT2D eigenvalue weighted by Crippen LogP contribution is 2.27. The monoisotopic (exact) mass is 398 g/mol. The Morgan fingerprint density at radius 1 is 0.967 bits per heavy atom. The number of carbonyl (C=O) groups excluding carboxylic acids is 2. The van der Waals surface area contributed by atoms with Crippen LogP contribution in [-0.4, -0.2) is 22.1 Å². The van der Waals surface area contributed by atoms with Gasteiger partial charge in [-0.2, -0.15) is 10.1 Å². The van der Waals surface area contributed by atoms with Crippen molar-refractivity contribution < 1.29 is 9.59 Å². The van der Waals surface area contributed by atoms with E-state index in [-0.39, 0.29) is 5.91 Å². The zero-order valence-corrected chi connectivity index (χ0v) is 17.1. The van der Waals surface area contributed by atoms with Gasteiger partial charge in [-0.05, 0) is 74.9 Å². The Morgan fingerprint density at radius 2 is 1.63 bits per heavy atom. The molecule has 0 radical (unpaired) electrons. The lowest BCUT2D eigenvalue weighted by molar-refractivity contribution is -0.114. The minimum Gasteiger partial charge on any atom is -0.366 e. The lowest BCUT2D eigenvalue weighted by Crippen LogP contribution is -2.21. The maximum atomic E-state index is 13.0. The van der Waals surface area contributed by atoms with Crippen LogP contribution in [0.5, 0.6) is 0 Å². The predicted octanol–water partition coefficient (Wildman–Crippen LogP) is 4.00. The van der Waals surface area contributed by atoms with Gasteiger partial charge >= 0.3 is 0 Å². The molecule has 0 saturated heterocycles. The molecule has 3 aromatic rings. The van der Waals surface area contributed by atoms with Crippen molar-refractivity contribution in [3.8, 4) is 5.69 Å². The molecule has 6 heteroatoms. The molecule has 0 aliphatic carbocycles. The van der Waals surface area contributed by atoms with E-state index in [1.54, 1.807) is 12.1 Å². The number of benzene rings is 2. The van der Waals surface area contributed by atoms with Gasteiger partial charge in [0, 0.05) is 22.6 Å². The molecule has 2 amide bonds. The van der Waals surface area contributed by atoms with Crippen LogP contribution >= 0.6 is 0 Å². The van der Waals surface area contributed by atoms with Gasteiger partial charge in [-0.15, -0.1) is 0 Å². The van der Waals surface area contributed by atoms with E-state index in [1.165, 1.54) is 5.01 Å². The number of nitrogens with two attached hydrogens (primary N) is 1. The maximum Gasteiger partial charge on any atom is 0.280 e. The first-order valence-electron chi connectivity index (χ1n) is 9.63. The van der Waals surface area contributed by atoms with Gasteiger partial charge in [0.25, 0.3) is 5.91 Å². The van der Waals surface area contributed by atoms with Crippen molar-refractivity contribution in [1.82, 2.24) is 4.57 Å². The topological polar surface area (TPSA) is 80.7 Å². The molecule has 0 spiro atoms. The van der Waals surface area contributed by atoms with Crippen molar-refractivity contribution in [3.63, 3.8) is 0 Å². The molecule has 150 valence electrons. The van der Waals surface area contributed by atoms with Gasteiger partial charge in [0.1, 0.15) is 0 Å². The summed E-state index contributed by atoms with van der Waals surface area (Å²) in [5.41, 5.74) is 11.7. The summed E-state index contributed by atoms with van der Waals surface area (Å²) in [6.45, 7) is 5.85. The predicted molar refractivity (Wildman–Crippen MR) is 119 cm³/mol. The van der Waals surface area contributed by atoms with Crippen LogP contribution in [0.3, 0.4) is 0 Å². The molecule has 30 heavy (non-hydrogen) atoms. The zero-order chi connectivity index (χ0) is 21.4. The molecule has 1 aliphatic heterocycles. The van der Waals surface area contributed by atoms with E-state index in [0.717, 1.165) is 28.3 Å². The molecule has 0 unspecified atom stereocenters. The van der Waals surface area contributed by atoms with Crippen LogP contribution in [0.2, 0.25) is 0 Å². The van der Waals surface area contributed by atoms with Crippen molar-refractivity contribution >= 4 is 29.3 Å². The second-order valence-electron chi connectivity index (χ2n) is 7.27. The Labute approximate surface area is 174 Å². The molecule has 0 bridgehead atoms. The van der Waals surface area contributed by atoms with Crippen LogP contribution in [0.4, 0.5) is 5.69 Å². The fraction of sp³-hybridized carbons (Fsp3) is 0.125. The first-order chi connectivity index (χ1) is 14.4.